The molecular formula is C21H22BrFN4O5. The summed E-state index contributed by atoms with van der Waals surface area (Å²) < 4.78 is 26.0. The van der Waals surface area contributed by atoms with Gasteiger partial charge < -0.3 is 24.3 Å². The highest BCUT2D eigenvalue weighted by molar-refractivity contribution is 9.10. The summed E-state index contributed by atoms with van der Waals surface area (Å²) in [5, 5.41) is 2.61. The molecule has 3 heterocycles. The van der Waals surface area contributed by atoms with Gasteiger partial charge in [0.05, 0.1) is 24.5 Å². The van der Waals surface area contributed by atoms with Crippen molar-refractivity contribution in [1.82, 2.24) is 10.2 Å². The van der Waals surface area contributed by atoms with Crippen molar-refractivity contribution in [3.05, 3.63) is 46.6 Å². The van der Waals surface area contributed by atoms with Crippen molar-refractivity contribution in [3.8, 4) is 0 Å². The first-order valence-electron chi connectivity index (χ1n) is 10.1. The van der Waals surface area contributed by atoms with Crippen molar-refractivity contribution in [1.29, 1.82) is 0 Å². The summed E-state index contributed by atoms with van der Waals surface area (Å²) in [6.45, 7) is 3.61. The van der Waals surface area contributed by atoms with E-state index in [2.05, 4.69) is 21.2 Å². The van der Waals surface area contributed by atoms with Crippen LogP contribution in [0.2, 0.25) is 0 Å². The highest BCUT2D eigenvalue weighted by Gasteiger charge is 2.33. The van der Waals surface area contributed by atoms with Crippen molar-refractivity contribution in [2.45, 2.75) is 13.0 Å². The fourth-order valence-corrected chi connectivity index (χ4v) is 4.06. The maximum absolute atomic E-state index is 14.9. The van der Waals surface area contributed by atoms with Gasteiger partial charge in [0.25, 0.3) is 5.91 Å². The Morgan fingerprint density at radius 3 is 2.56 bits per heavy atom. The number of amides is 3. The summed E-state index contributed by atoms with van der Waals surface area (Å²) in [4.78, 5) is 40.6. The van der Waals surface area contributed by atoms with Crippen LogP contribution in [-0.4, -0.2) is 68.2 Å². The molecule has 9 nitrogen and oxygen atoms in total. The number of benzene rings is 1. The Labute approximate surface area is 192 Å². The topological polar surface area (TPSA) is 95.3 Å². The molecule has 1 aromatic heterocycles. The molecule has 2 aliphatic rings. The third kappa shape index (κ3) is 4.72. The van der Waals surface area contributed by atoms with E-state index in [1.54, 1.807) is 29.2 Å². The van der Waals surface area contributed by atoms with Crippen LogP contribution in [0.3, 0.4) is 0 Å². The molecule has 1 atom stereocenters. The Kier molecular flexibility index (Phi) is 6.35. The van der Waals surface area contributed by atoms with Crippen molar-refractivity contribution < 1.29 is 27.9 Å². The smallest absolute Gasteiger partial charge is 0.414 e. The number of nitrogens with zero attached hydrogens (tertiary/aromatic N) is 3. The highest BCUT2D eigenvalue weighted by atomic mass is 79.9. The van der Waals surface area contributed by atoms with E-state index < -0.39 is 18.0 Å². The zero-order valence-corrected chi connectivity index (χ0v) is 18.9. The predicted octanol–water partition coefficient (Wildman–Crippen LogP) is 2.60. The fraction of sp³-hybridized carbons (Fsp3) is 0.381. The predicted molar refractivity (Wildman–Crippen MR) is 117 cm³/mol. The van der Waals surface area contributed by atoms with E-state index in [-0.39, 0.29) is 30.7 Å². The summed E-state index contributed by atoms with van der Waals surface area (Å²) in [6, 6.07) is 7.87. The number of furan rings is 1. The molecule has 11 heteroatoms. The SMILES string of the molecule is CC(=O)NCC1CN(c2ccc(N3CCN(C(=O)c4ccc(Br)o4)CC3)c(F)c2)C(=O)O1. The minimum absolute atomic E-state index is 0.201. The van der Waals surface area contributed by atoms with Crippen molar-refractivity contribution in [2.75, 3.05) is 49.1 Å². The number of hydrogen-bond donors (Lipinski definition) is 1. The number of halogens is 2. The second-order valence-electron chi connectivity index (χ2n) is 7.57. The average Bonchev–Trinajstić information content (AvgIpc) is 3.37. The molecule has 170 valence electrons. The summed E-state index contributed by atoms with van der Waals surface area (Å²) in [5.74, 6) is -0.619. The van der Waals surface area contributed by atoms with Crippen LogP contribution in [-0.2, 0) is 9.53 Å². The number of carbonyl (C=O) groups is 3. The average molecular weight is 509 g/mol. The molecule has 32 heavy (non-hydrogen) atoms. The molecule has 4 rings (SSSR count). The third-order valence-corrected chi connectivity index (χ3v) is 5.81. The fourth-order valence-electron chi connectivity index (χ4n) is 3.75. The van der Waals surface area contributed by atoms with Gasteiger partial charge in [-0.05, 0) is 46.3 Å². The van der Waals surface area contributed by atoms with Gasteiger partial charge in [0, 0.05) is 33.1 Å². The lowest BCUT2D eigenvalue weighted by molar-refractivity contribution is -0.119. The van der Waals surface area contributed by atoms with Crippen molar-refractivity contribution in [3.63, 3.8) is 0 Å². The zero-order chi connectivity index (χ0) is 22.8. The lowest BCUT2D eigenvalue weighted by atomic mass is 10.2. The van der Waals surface area contributed by atoms with E-state index in [9.17, 15) is 18.8 Å². The van der Waals surface area contributed by atoms with E-state index in [4.69, 9.17) is 9.15 Å². The molecule has 0 spiro atoms. The maximum atomic E-state index is 14.9. The van der Waals surface area contributed by atoms with Crippen LogP contribution in [0, 0.1) is 5.82 Å². The quantitative estimate of drug-likeness (QED) is 0.666. The minimum atomic E-state index is -0.579. The van der Waals surface area contributed by atoms with E-state index in [1.165, 1.54) is 17.9 Å². The lowest BCUT2D eigenvalue weighted by Gasteiger charge is -2.36. The number of cyclic esters (lactones) is 1. The van der Waals surface area contributed by atoms with Crippen molar-refractivity contribution in [2.24, 2.45) is 0 Å². The molecule has 1 aromatic carbocycles. The Bertz CT molecular complexity index is 1040. The Morgan fingerprint density at radius 2 is 1.94 bits per heavy atom. The van der Waals surface area contributed by atoms with Crippen molar-refractivity contribution >= 4 is 45.2 Å². The molecule has 2 aromatic rings. The Morgan fingerprint density at radius 1 is 1.19 bits per heavy atom. The molecule has 1 N–H and O–H groups in total. The number of carbonyl (C=O) groups excluding carboxylic acids is 3. The number of hydrogen-bond acceptors (Lipinski definition) is 6. The zero-order valence-electron chi connectivity index (χ0n) is 17.3. The van der Waals surface area contributed by atoms with E-state index in [0.29, 0.717) is 42.2 Å². The standard InChI is InChI=1S/C21H22BrFN4O5/c1-13(28)24-11-15-12-27(21(30)31-15)14-2-3-17(16(23)10-14)25-6-8-26(9-7-25)20(29)18-4-5-19(22)32-18/h2-5,10,15H,6-9,11-12H2,1H3,(H,24,28). The number of rotatable bonds is 5. The number of piperazine rings is 1. The van der Waals surface area contributed by atoms with Crippen LogP contribution in [0.1, 0.15) is 17.5 Å². The van der Waals surface area contributed by atoms with Gasteiger partial charge in [-0.15, -0.1) is 0 Å². The lowest BCUT2D eigenvalue weighted by Crippen LogP contribution is -2.49. The normalized spacial score (nSPS) is 18.7. The van der Waals surface area contributed by atoms with Gasteiger partial charge in [-0.3, -0.25) is 14.5 Å². The van der Waals surface area contributed by atoms with Gasteiger partial charge in [-0.25, -0.2) is 9.18 Å². The van der Waals surface area contributed by atoms with E-state index in [0.717, 1.165) is 0 Å². The van der Waals surface area contributed by atoms with Crippen LogP contribution >= 0.6 is 15.9 Å². The van der Waals surface area contributed by atoms with Crippen LogP contribution < -0.4 is 15.1 Å². The summed E-state index contributed by atoms with van der Waals surface area (Å²) in [5.41, 5.74) is 0.794. The second kappa shape index (κ2) is 9.19. The molecule has 2 fully saturated rings. The first-order valence-corrected chi connectivity index (χ1v) is 10.9. The van der Waals surface area contributed by atoms with Gasteiger partial charge in [0.1, 0.15) is 11.9 Å². The second-order valence-corrected chi connectivity index (χ2v) is 8.35. The molecule has 2 aliphatic heterocycles. The first-order chi connectivity index (χ1) is 15.3. The highest BCUT2D eigenvalue weighted by Crippen LogP contribution is 2.29. The number of ether oxygens (including phenoxy) is 1. The summed E-state index contributed by atoms with van der Waals surface area (Å²) in [7, 11) is 0. The van der Waals surface area contributed by atoms with Crippen LogP contribution in [0.15, 0.2) is 39.4 Å². The molecular weight excluding hydrogens is 487 g/mol. The Hall–Kier alpha value is -3.08. The van der Waals surface area contributed by atoms with E-state index >= 15 is 0 Å². The first kappa shape index (κ1) is 22.1. The Balaban J connectivity index is 1.37. The molecule has 3 amide bonds. The van der Waals surface area contributed by atoms with Crippen LogP contribution in [0.5, 0.6) is 0 Å². The summed E-state index contributed by atoms with van der Waals surface area (Å²) in [6.07, 6.45) is -1.07. The maximum Gasteiger partial charge on any atom is 0.414 e. The van der Waals surface area contributed by atoms with Gasteiger partial charge >= 0.3 is 6.09 Å². The largest absolute Gasteiger partial charge is 0.444 e. The minimum Gasteiger partial charge on any atom is -0.444 e. The third-order valence-electron chi connectivity index (χ3n) is 5.39. The van der Waals surface area contributed by atoms with Gasteiger partial charge in [-0.2, -0.15) is 0 Å². The molecule has 0 aliphatic carbocycles. The van der Waals surface area contributed by atoms with E-state index in [1.807, 2.05) is 4.90 Å². The number of anilines is 2. The molecule has 2 saturated heterocycles. The molecule has 0 bridgehead atoms. The summed E-state index contributed by atoms with van der Waals surface area (Å²) >= 11 is 3.19. The van der Waals surface area contributed by atoms with Crippen LogP contribution in [0.4, 0.5) is 20.6 Å². The molecule has 0 saturated carbocycles. The van der Waals surface area contributed by atoms with Gasteiger partial charge in [-0.1, -0.05) is 0 Å². The molecule has 0 radical (unpaired) electrons. The van der Waals surface area contributed by atoms with Gasteiger partial charge in [0.2, 0.25) is 5.91 Å². The van der Waals surface area contributed by atoms with Gasteiger partial charge in [0.15, 0.2) is 10.4 Å². The monoisotopic (exact) mass is 508 g/mol. The molecule has 1 unspecified atom stereocenters. The van der Waals surface area contributed by atoms with Crippen LogP contribution in [0.25, 0.3) is 0 Å². The number of nitrogens with one attached hydrogen (secondary N) is 1.